The lowest BCUT2D eigenvalue weighted by atomic mass is 10.2. The number of aromatic carboxylic acids is 1. The number of carboxylic acids is 1. The molecule has 0 fully saturated rings. The van der Waals surface area contributed by atoms with Gasteiger partial charge in [-0.05, 0) is 62.0 Å². The second kappa shape index (κ2) is 7.99. The number of benzene rings is 1. The minimum atomic E-state index is -1.09. The fourth-order valence-electron chi connectivity index (χ4n) is 1.73. The van der Waals surface area contributed by atoms with E-state index in [0.717, 1.165) is 13.0 Å². The highest BCUT2D eigenvalue weighted by Gasteiger charge is 2.16. The summed E-state index contributed by atoms with van der Waals surface area (Å²) in [6.45, 7) is 2.76. The molecule has 1 aromatic carbocycles. The molecule has 6 nitrogen and oxygen atoms in total. The predicted molar refractivity (Wildman–Crippen MR) is 85.9 cm³/mol. The molecule has 0 aliphatic rings. The number of hydrogen-bond acceptors (Lipinski definition) is 3. The van der Waals surface area contributed by atoms with Crippen LogP contribution in [-0.4, -0.2) is 48.7 Å². The van der Waals surface area contributed by atoms with Crippen molar-refractivity contribution in [2.45, 2.75) is 19.4 Å². The fourth-order valence-corrected chi connectivity index (χ4v) is 2.19. The quantitative estimate of drug-likeness (QED) is 0.730. The first-order chi connectivity index (χ1) is 9.81. The van der Waals surface area contributed by atoms with Crippen LogP contribution in [0.15, 0.2) is 22.7 Å². The van der Waals surface area contributed by atoms with E-state index in [-0.39, 0.29) is 17.3 Å². The second-order valence-electron chi connectivity index (χ2n) is 5.06. The Morgan fingerprint density at radius 1 is 1.38 bits per heavy atom. The maximum absolute atomic E-state index is 11.9. The molecule has 1 aromatic rings. The van der Waals surface area contributed by atoms with E-state index < -0.39 is 12.0 Å². The maximum atomic E-state index is 11.9. The lowest BCUT2D eigenvalue weighted by molar-refractivity contribution is 0.0698. The van der Waals surface area contributed by atoms with E-state index in [1.165, 1.54) is 6.07 Å². The summed E-state index contributed by atoms with van der Waals surface area (Å²) in [7, 11) is 3.93. The molecule has 1 unspecified atom stereocenters. The van der Waals surface area contributed by atoms with Crippen molar-refractivity contribution in [2.75, 3.05) is 26.0 Å². The van der Waals surface area contributed by atoms with Crippen molar-refractivity contribution in [3.63, 3.8) is 0 Å². The average molecular weight is 358 g/mol. The first-order valence-electron chi connectivity index (χ1n) is 6.55. The van der Waals surface area contributed by atoms with Gasteiger partial charge < -0.3 is 20.6 Å². The van der Waals surface area contributed by atoms with Crippen LogP contribution in [0.1, 0.15) is 23.7 Å². The van der Waals surface area contributed by atoms with Gasteiger partial charge in [0, 0.05) is 10.5 Å². The summed E-state index contributed by atoms with van der Waals surface area (Å²) >= 11 is 3.25. The topological polar surface area (TPSA) is 81.7 Å². The molecular formula is C14H20BrN3O3. The number of carbonyl (C=O) groups excluding carboxylic acids is 1. The zero-order valence-corrected chi connectivity index (χ0v) is 13.9. The Balaban J connectivity index is 2.69. The summed E-state index contributed by atoms with van der Waals surface area (Å²) in [5.74, 6) is -1.09. The molecule has 2 amide bonds. The van der Waals surface area contributed by atoms with Crippen molar-refractivity contribution in [3.05, 3.63) is 28.2 Å². The Labute approximate surface area is 132 Å². The number of urea groups is 1. The lowest BCUT2D eigenvalue weighted by Crippen LogP contribution is -2.38. The Bertz CT molecular complexity index is 520. The fraction of sp³-hybridized carbons (Fsp3) is 0.429. The zero-order valence-electron chi connectivity index (χ0n) is 12.3. The van der Waals surface area contributed by atoms with Crippen LogP contribution >= 0.6 is 15.9 Å². The molecule has 0 spiro atoms. The van der Waals surface area contributed by atoms with Gasteiger partial charge in [-0.1, -0.05) is 6.07 Å². The van der Waals surface area contributed by atoms with Crippen molar-refractivity contribution in [1.82, 2.24) is 10.2 Å². The summed E-state index contributed by atoms with van der Waals surface area (Å²) < 4.78 is 0.526. The molecule has 21 heavy (non-hydrogen) atoms. The lowest BCUT2D eigenvalue weighted by Gasteiger charge is -2.18. The molecule has 0 aliphatic heterocycles. The standard InChI is InChI=1S/C14H20BrN3O3/c1-9(7-8-18(2)3)16-14(21)17-12-10(13(19)20)5-4-6-11(12)15/h4-6,9H,7-8H2,1-3H3,(H,19,20)(H2,16,17,21). The number of para-hydroxylation sites is 1. The number of amides is 2. The number of carboxylic acid groups (broad SMARTS) is 1. The number of anilines is 1. The molecule has 3 N–H and O–H groups in total. The molecule has 116 valence electrons. The highest BCUT2D eigenvalue weighted by molar-refractivity contribution is 9.10. The van der Waals surface area contributed by atoms with E-state index >= 15 is 0 Å². The third-order valence-electron chi connectivity index (χ3n) is 2.87. The van der Waals surface area contributed by atoms with Crippen LogP contribution in [0.2, 0.25) is 0 Å². The molecule has 0 bridgehead atoms. The van der Waals surface area contributed by atoms with E-state index in [1.807, 2.05) is 25.9 Å². The van der Waals surface area contributed by atoms with Gasteiger partial charge in [-0.15, -0.1) is 0 Å². The van der Waals surface area contributed by atoms with Gasteiger partial charge in [-0.25, -0.2) is 9.59 Å². The van der Waals surface area contributed by atoms with E-state index in [4.69, 9.17) is 5.11 Å². The summed E-state index contributed by atoms with van der Waals surface area (Å²) in [6.07, 6.45) is 0.808. The number of nitrogens with zero attached hydrogens (tertiary/aromatic N) is 1. The van der Waals surface area contributed by atoms with Gasteiger partial charge in [-0.2, -0.15) is 0 Å². The molecular weight excluding hydrogens is 338 g/mol. The number of rotatable bonds is 6. The van der Waals surface area contributed by atoms with Gasteiger partial charge in [0.1, 0.15) is 0 Å². The molecule has 0 radical (unpaired) electrons. The van der Waals surface area contributed by atoms with Crippen molar-refractivity contribution >= 4 is 33.6 Å². The molecule has 0 aliphatic carbocycles. The molecule has 0 aromatic heterocycles. The van der Waals surface area contributed by atoms with Crippen LogP contribution in [0.4, 0.5) is 10.5 Å². The second-order valence-corrected chi connectivity index (χ2v) is 5.91. The van der Waals surface area contributed by atoms with E-state index in [1.54, 1.807) is 12.1 Å². The van der Waals surface area contributed by atoms with Crippen LogP contribution in [0, 0.1) is 0 Å². The molecule has 0 saturated heterocycles. The van der Waals surface area contributed by atoms with Gasteiger partial charge in [0.2, 0.25) is 0 Å². The van der Waals surface area contributed by atoms with E-state index in [2.05, 4.69) is 26.6 Å². The Morgan fingerprint density at radius 2 is 2.05 bits per heavy atom. The predicted octanol–water partition coefficient (Wildman–Crippen LogP) is 2.61. The molecule has 7 heteroatoms. The van der Waals surface area contributed by atoms with Gasteiger partial charge >= 0.3 is 12.0 Å². The Kier molecular flexibility index (Phi) is 6.64. The summed E-state index contributed by atoms with van der Waals surface area (Å²) in [4.78, 5) is 25.1. The molecule has 0 saturated carbocycles. The van der Waals surface area contributed by atoms with Gasteiger partial charge in [0.25, 0.3) is 0 Å². The third-order valence-corrected chi connectivity index (χ3v) is 3.53. The smallest absolute Gasteiger partial charge is 0.337 e. The van der Waals surface area contributed by atoms with E-state index in [0.29, 0.717) is 4.47 Å². The molecule has 1 atom stereocenters. The highest BCUT2D eigenvalue weighted by atomic mass is 79.9. The number of halogens is 1. The third kappa shape index (κ3) is 5.73. The SMILES string of the molecule is CC(CCN(C)C)NC(=O)Nc1c(Br)cccc1C(=O)O. The Morgan fingerprint density at radius 3 is 2.62 bits per heavy atom. The van der Waals surface area contributed by atoms with Crippen LogP contribution in [-0.2, 0) is 0 Å². The maximum Gasteiger partial charge on any atom is 0.337 e. The minimum absolute atomic E-state index is 0.0110. The van der Waals surface area contributed by atoms with Gasteiger partial charge in [-0.3, -0.25) is 0 Å². The van der Waals surface area contributed by atoms with Gasteiger partial charge in [0.05, 0.1) is 11.3 Å². The highest BCUT2D eigenvalue weighted by Crippen LogP contribution is 2.26. The normalized spacial score (nSPS) is 12.0. The average Bonchev–Trinajstić information content (AvgIpc) is 2.38. The summed E-state index contributed by atoms with van der Waals surface area (Å²) in [6, 6.07) is 4.30. The van der Waals surface area contributed by atoms with Crippen LogP contribution in [0.25, 0.3) is 0 Å². The number of nitrogens with one attached hydrogen (secondary N) is 2. The van der Waals surface area contributed by atoms with E-state index in [9.17, 15) is 9.59 Å². The van der Waals surface area contributed by atoms with Crippen molar-refractivity contribution in [1.29, 1.82) is 0 Å². The first-order valence-corrected chi connectivity index (χ1v) is 7.34. The monoisotopic (exact) mass is 357 g/mol. The van der Waals surface area contributed by atoms with Crippen LogP contribution < -0.4 is 10.6 Å². The first kappa shape index (κ1) is 17.5. The minimum Gasteiger partial charge on any atom is -0.478 e. The van der Waals surface area contributed by atoms with Gasteiger partial charge in [0.15, 0.2) is 0 Å². The number of hydrogen-bond donors (Lipinski definition) is 3. The largest absolute Gasteiger partial charge is 0.478 e. The van der Waals surface area contributed by atoms with Crippen molar-refractivity contribution in [3.8, 4) is 0 Å². The molecule has 1 rings (SSSR count). The summed E-state index contributed by atoms with van der Waals surface area (Å²) in [5.41, 5.74) is 0.294. The summed E-state index contributed by atoms with van der Waals surface area (Å²) in [5, 5.41) is 14.5. The number of carbonyl (C=O) groups is 2. The zero-order chi connectivity index (χ0) is 16.0. The van der Waals surface area contributed by atoms with Crippen LogP contribution in [0.5, 0.6) is 0 Å². The molecule has 0 heterocycles. The van der Waals surface area contributed by atoms with Crippen molar-refractivity contribution < 1.29 is 14.7 Å². The van der Waals surface area contributed by atoms with Crippen LogP contribution in [0.3, 0.4) is 0 Å². The van der Waals surface area contributed by atoms with Crippen molar-refractivity contribution in [2.24, 2.45) is 0 Å². The Hall–Kier alpha value is -1.60.